The number of carbonyl (C=O) groups is 1. The highest BCUT2D eigenvalue weighted by Gasteiger charge is 2.21. The Bertz CT molecular complexity index is 631. The lowest BCUT2D eigenvalue weighted by Crippen LogP contribution is -2.02. The molecule has 1 unspecified atom stereocenters. The first-order valence-electron chi connectivity index (χ1n) is 6.18. The van der Waals surface area contributed by atoms with Crippen LogP contribution in [0.25, 0.3) is 0 Å². The normalized spacial score (nSPS) is 11.8. The number of hydrogen-bond donors (Lipinski definition) is 1. The van der Waals surface area contributed by atoms with Crippen LogP contribution in [0, 0.1) is 0 Å². The monoisotopic (exact) mass is 292 g/mol. The summed E-state index contributed by atoms with van der Waals surface area (Å²) in [5, 5.41) is 10.4. The summed E-state index contributed by atoms with van der Waals surface area (Å²) >= 11 is 0. The second kappa shape index (κ2) is 6.32. The van der Waals surface area contributed by atoms with Gasteiger partial charge < -0.3 is 23.7 Å². The molecule has 0 bridgehead atoms. The smallest absolute Gasteiger partial charge is 0.373 e. The molecule has 0 aliphatic heterocycles. The van der Waals surface area contributed by atoms with E-state index in [1.54, 1.807) is 25.3 Å². The third-order valence-electron chi connectivity index (χ3n) is 3.02. The lowest BCUT2D eigenvalue weighted by molar-refractivity contribution is 0.0558. The highest BCUT2D eigenvalue weighted by atomic mass is 16.5. The van der Waals surface area contributed by atoms with Crippen molar-refractivity contribution in [3.05, 3.63) is 47.4 Å². The predicted molar refractivity (Wildman–Crippen MR) is 73.7 cm³/mol. The highest BCUT2D eigenvalue weighted by molar-refractivity contribution is 5.86. The lowest BCUT2D eigenvalue weighted by Gasteiger charge is -2.14. The van der Waals surface area contributed by atoms with Crippen molar-refractivity contribution in [1.82, 2.24) is 0 Å². The Labute approximate surface area is 121 Å². The number of rotatable bonds is 5. The molecule has 1 aromatic carbocycles. The minimum absolute atomic E-state index is 0.0269. The number of ether oxygens (including phenoxy) is 3. The van der Waals surface area contributed by atoms with E-state index >= 15 is 0 Å². The summed E-state index contributed by atoms with van der Waals surface area (Å²) in [7, 11) is 4.29. The molecule has 112 valence electrons. The average Bonchev–Trinajstić information content (AvgIpc) is 3.02. The van der Waals surface area contributed by atoms with E-state index in [2.05, 4.69) is 4.74 Å². The molecule has 1 N–H and O–H groups in total. The third kappa shape index (κ3) is 3.00. The standard InChI is InChI=1S/C15H16O6/c1-18-9-4-5-10(13(8-9)19-2)14(16)11-6-7-12(21-11)15(17)20-3/h4-8,14,16H,1-3H3. The van der Waals surface area contributed by atoms with Crippen molar-refractivity contribution in [3.63, 3.8) is 0 Å². The van der Waals surface area contributed by atoms with Crippen LogP contribution in [0.4, 0.5) is 0 Å². The van der Waals surface area contributed by atoms with Gasteiger partial charge in [-0.25, -0.2) is 4.79 Å². The van der Waals surface area contributed by atoms with E-state index < -0.39 is 12.1 Å². The zero-order valence-electron chi connectivity index (χ0n) is 12.0. The second-order valence-corrected chi connectivity index (χ2v) is 4.20. The van der Waals surface area contributed by atoms with Gasteiger partial charge in [0.2, 0.25) is 5.76 Å². The van der Waals surface area contributed by atoms with Crippen molar-refractivity contribution in [2.75, 3.05) is 21.3 Å². The van der Waals surface area contributed by atoms with E-state index in [0.29, 0.717) is 17.1 Å². The molecule has 21 heavy (non-hydrogen) atoms. The lowest BCUT2D eigenvalue weighted by atomic mass is 10.1. The van der Waals surface area contributed by atoms with E-state index in [1.807, 2.05) is 0 Å². The van der Waals surface area contributed by atoms with Crippen molar-refractivity contribution in [2.45, 2.75) is 6.10 Å². The fourth-order valence-corrected chi connectivity index (χ4v) is 1.91. The number of aliphatic hydroxyl groups is 1. The van der Waals surface area contributed by atoms with Crippen molar-refractivity contribution in [1.29, 1.82) is 0 Å². The fourth-order valence-electron chi connectivity index (χ4n) is 1.91. The SMILES string of the molecule is COC(=O)c1ccc(C(O)c2ccc(OC)cc2OC)o1. The van der Waals surface area contributed by atoms with Crippen LogP contribution in [0.15, 0.2) is 34.7 Å². The number of benzene rings is 1. The zero-order chi connectivity index (χ0) is 15.4. The summed E-state index contributed by atoms with van der Waals surface area (Å²) in [5.74, 6) is 0.711. The van der Waals surface area contributed by atoms with Crippen LogP contribution in [-0.4, -0.2) is 32.4 Å². The first-order valence-corrected chi connectivity index (χ1v) is 6.18. The molecule has 1 atom stereocenters. The van der Waals surface area contributed by atoms with Crippen LogP contribution in [0.3, 0.4) is 0 Å². The van der Waals surface area contributed by atoms with Gasteiger partial charge in [0.1, 0.15) is 23.4 Å². The van der Waals surface area contributed by atoms with Gasteiger partial charge in [-0.2, -0.15) is 0 Å². The van der Waals surface area contributed by atoms with Gasteiger partial charge >= 0.3 is 5.97 Å². The van der Waals surface area contributed by atoms with Crippen molar-refractivity contribution >= 4 is 5.97 Å². The highest BCUT2D eigenvalue weighted by Crippen LogP contribution is 2.33. The average molecular weight is 292 g/mol. The second-order valence-electron chi connectivity index (χ2n) is 4.20. The van der Waals surface area contributed by atoms with Crippen LogP contribution < -0.4 is 9.47 Å². The largest absolute Gasteiger partial charge is 0.497 e. The topological polar surface area (TPSA) is 78.1 Å². The van der Waals surface area contributed by atoms with Crippen LogP contribution in [-0.2, 0) is 4.74 Å². The van der Waals surface area contributed by atoms with Crippen LogP contribution in [0.2, 0.25) is 0 Å². The summed E-state index contributed by atoms with van der Waals surface area (Å²) in [6.45, 7) is 0. The molecule has 2 aromatic rings. The van der Waals surface area contributed by atoms with Crippen molar-refractivity contribution in [2.24, 2.45) is 0 Å². The molecular formula is C15H16O6. The van der Waals surface area contributed by atoms with Gasteiger partial charge in [-0.1, -0.05) is 0 Å². The van der Waals surface area contributed by atoms with E-state index in [1.165, 1.54) is 26.4 Å². The molecule has 0 aliphatic carbocycles. The van der Waals surface area contributed by atoms with Gasteiger partial charge in [0.05, 0.1) is 21.3 Å². The molecule has 1 heterocycles. The maximum Gasteiger partial charge on any atom is 0.373 e. The minimum atomic E-state index is -1.07. The van der Waals surface area contributed by atoms with Crippen LogP contribution >= 0.6 is 0 Å². The van der Waals surface area contributed by atoms with Crippen molar-refractivity contribution in [3.8, 4) is 11.5 Å². The Hall–Kier alpha value is -2.47. The number of carbonyl (C=O) groups excluding carboxylic acids is 1. The molecule has 0 fully saturated rings. The molecule has 0 spiro atoms. The Morgan fingerprint density at radius 1 is 1.14 bits per heavy atom. The molecule has 2 rings (SSSR count). The maximum absolute atomic E-state index is 11.4. The van der Waals surface area contributed by atoms with E-state index in [0.717, 1.165) is 0 Å². The number of furan rings is 1. The van der Waals surface area contributed by atoms with E-state index in [9.17, 15) is 9.90 Å². The number of esters is 1. The molecular weight excluding hydrogens is 276 g/mol. The van der Waals surface area contributed by atoms with Gasteiger partial charge in [-0.3, -0.25) is 0 Å². The Kier molecular flexibility index (Phi) is 4.49. The quantitative estimate of drug-likeness (QED) is 0.851. The number of hydrogen-bond acceptors (Lipinski definition) is 6. The van der Waals surface area contributed by atoms with Crippen molar-refractivity contribution < 1.29 is 28.5 Å². The molecule has 0 saturated heterocycles. The Morgan fingerprint density at radius 3 is 2.52 bits per heavy atom. The maximum atomic E-state index is 11.4. The summed E-state index contributed by atoms with van der Waals surface area (Å²) in [4.78, 5) is 11.4. The van der Waals surface area contributed by atoms with Gasteiger partial charge in [0.15, 0.2) is 0 Å². The predicted octanol–water partition coefficient (Wildman–Crippen LogP) is 2.17. The molecule has 0 amide bonds. The fraction of sp³-hybridized carbons (Fsp3) is 0.267. The minimum Gasteiger partial charge on any atom is -0.497 e. The van der Waals surface area contributed by atoms with Crippen LogP contribution in [0.1, 0.15) is 28.0 Å². The summed E-state index contributed by atoms with van der Waals surface area (Å²) in [6, 6.07) is 7.98. The first-order chi connectivity index (χ1) is 10.1. The van der Waals surface area contributed by atoms with E-state index in [4.69, 9.17) is 13.9 Å². The Balaban J connectivity index is 2.33. The summed E-state index contributed by atoms with van der Waals surface area (Å²) < 4.78 is 20.2. The molecule has 6 nitrogen and oxygen atoms in total. The third-order valence-corrected chi connectivity index (χ3v) is 3.02. The molecule has 0 aliphatic rings. The molecule has 0 radical (unpaired) electrons. The van der Waals surface area contributed by atoms with Gasteiger partial charge in [0, 0.05) is 11.6 Å². The zero-order valence-corrected chi connectivity index (χ0v) is 12.0. The van der Waals surface area contributed by atoms with Crippen LogP contribution in [0.5, 0.6) is 11.5 Å². The summed E-state index contributed by atoms with van der Waals surface area (Å²) in [5.41, 5.74) is 0.504. The number of methoxy groups -OCH3 is 3. The van der Waals surface area contributed by atoms with Gasteiger partial charge in [0.25, 0.3) is 0 Å². The molecule has 1 aromatic heterocycles. The Morgan fingerprint density at radius 2 is 1.90 bits per heavy atom. The van der Waals surface area contributed by atoms with E-state index in [-0.39, 0.29) is 11.5 Å². The summed E-state index contributed by atoms with van der Waals surface area (Å²) in [6.07, 6.45) is -1.07. The molecule has 0 saturated carbocycles. The number of aliphatic hydroxyl groups excluding tert-OH is 1. The molecule has 6 heteroatoms. The van der Waals surface area contributed by atoms with Gasteiger partial charge in [-0.15, -0.1) is 0 Å². The first kappa shape index (κ1) is 14.9. The van der Waals surface area contributed by atoms with Gasteiger partial charge in [-0.05, 0) is 24.3 Å².